The summed E-state index contributed by atoms with van der Waals surface area (Å²) in [5.74, 6) is -2.75. The summed E-state index contributed by atoms with van der Waals surface area (Å²) in [6, 6.07) is 2.97. The molecular formula is C13H15NO6. The van der Waals surface area contributed by atoms with Gasteiger partial charge in [-0.05, 0) is 12.1 Å². The number of rotatable bonds is 3. The summed E-state index contributed by atoms with van der Waals surface area (Å²) in [4.78, 5) is 24.7. The van der Waals surface area contributed by atoms with E-state index in [1.54, 1.807) is 0 Å². The van der Waals surface area contributed by atoms with E-state index in [2.05, 4.69) is 0 Å². The minimum absolute atomic E-state index is 0.126. The van der Waals surface area contributed by atoms with Crippen molar-refractivity contribution >= 4 is 11.9 Å². The normalized spacial score (nSPS) is 21.9. The SMILES string of the molecule is COC1CC(C(=O)O)N(C(=O)c2cccc(O)c2O)C1. The molecule has 0 aromatic heterocycles. The molecule has 108 valence electrons. The van der Waals surface area contributed by atoms with Gasteiger partial charge in [0, 0.05) is 20.1 Å². The van der Waals surface area contributed by atoms with Crippen LogP contribution in [-0.2, 0) is 9.53 Å². The van der Waals surface area contributed by atoms with Crippen LogP contribution < -0.4 is 0 Å². The summed E-state index contributed by atoms with van der Waals surface area (Å²) in [6.07, 6.45) is -0.170. The molecule has 0 radical (unpaired) electrons. The van der Waals surface area contributed by atoms with E-state index in [0.29, 0.717) is 0 Å². The summed E-state index contributed by atoms with van der Waals surface area (Å²) < 4.78 is 5.09. The van der Waals surface area contributed by atoms with Crippen molar-refractivity contribution in [3.05, 3.63) is 23.8 Å². The third-order valence-electron chi connectivity index (χ3n) is 3.39. The minimum atomic E-state index is -1.13. The first-order chi connectivity index (χ1) is 9.45. The molecule has 1 amide bonds. The maximum absolute atomic E-state index is 12.3. The number of aliphatic carboxylic acids is 1. The smallest absolute Gasteiger partial charge is 0.326 e. The first kappa shape index (κ1) is 14.1. The number of para-hydroxylation sites is 1. The molecule has 1 aliphatic rings. The van der Waals surface area contributed by atoms with Crippen molar-refractivity contribution in [1.29, 1.82) is 0 Å². The number of amides is 1. The summed E-state index contributed by atoms with van der Waals surface area (Å²) >= 11 is 0. The average Bonchev–Trinajstić information content (AvgIpc) is 2.85. The molecule has 7 heteroatoms. The molecule has 20 heavy (non-hydrogen) atoms. The van der Waals surface area contributed by atoms with Crippen molar-refractivity contribution in [2.75, 3.05) is 13.7 Å². The Morgan fingerprint density at radius 1 is 1.35 bits per heavy atom. The monoisotopic (exact) mass is 281 g/mol. The Morgan fingerprint density at radius 3 is 2.65 bits per heavy atom. The number of hydrogen-bond acceptors (Lipinski definition) is 5. The van der Waals surface area contributed by atoms with Gasteiger partial charge in [0.2, 0.25) is 0 Å². The number of carbonyl (C=O) groups excluding carboxylic acids is 1. The van der Waals surface area contributed by atoms with Gasteiger partial charge in [-0.25, -0.2) is 4.79 Å². The first-order valence-corrected chi connectivity index (χ1v) is 6.03. The standard InChI is InChI=1S/C13H15NO6/c1-20-7-5-9(13(18)19)14(6-7)12(17)8-3-2-4-10(15)11(8)16/h2-4,7,9,15-16H,5-6H2,1H3,(H,18,19). The fourth-order valence-corrected chi connectivity index (χ4v) is 2.29. The lowest BCUT2D eigenvalue weighted by Gasteiger charge is -2.21. The van der Waals surface area contributed by atoms with Crippen molar-refractivity contribution in [3.63, 3.8) is 0 Å². The highest BCUT2D eigenvalue weighted by atomic mass is 16.5. The van der Waals surface area contributed by atoms with Gasteiger partial charge in [-0.3, -0.25) is 4.79 Å². The minimum Gasteiger partial charge on any atom is -0.504 e. The Bertz CT molecular complexity index is 544. The van der Waals surface area contributed by atoms with Gasteiger partial charge in [0.05, 0.1) is 11.7 Å². The number of aromatic hydroxyl groups is 2. The predicted octanol–water partition coefficient (Wildman–Crippen LogP) is 0.412. The van der Waals surface area contributed by atoms with Crippen molar-refractivity contribution in [1.82, 2.24) is 4.90 Å². The summed E-state index contributed by atoms with van der Waals surface area (Å²) in [5.41, 5.74) is -0.131. The summed E-state index contributed by atoms with van der Waals surface area (Å²) in [7, 11) is 1.45. The number of carboxylic acid groups (broad SMARTS) is 1. The molecule has 2 unspecified atom stereocenters. The Balaban J connectivity index is 2.31. The van der Waals surface area contributed by atoms with E-state index in [1.165, 1.54) is 25.3 Å². The number of hydrogen-bond donors (Lipinski definition) is 3. The van der Waals surface area contributed by atoms with Gasteiger partial charge in [-0.1, -0.05) is 6.07 Å². The molecule has 0 saturated carbocycles. The Labute approximate surface area is 115 Å². The second kappa shape index (κ2) is 5.38. The quantitative estimate of drug-likeness (QED) is 0.693. The van der Waals surface area contributed by atoms with Crippen LogP contribution in [0.5, 0.6) is 11.5 Å². The van der Waals surface area contributed by atoms with E-state index in [1.807, 2.05) is 0 Å². The largest absolute Gasteiger partial charge is 0.504 e. The highest BCUT2D eigenvalue weighted by molar-refractivity contribution is 5.99. The topological polar surface area (TPSA) is 107 Å². The number of methoxy groups -OCH3 is 1. The number of benzene rings is 1. The van der Waals surface area contributed by atoms with Crippen molar-refractivity contribution in [2.45, 2.75) is 18.6 Å². The Morgan fingerprint density at radius 2 is 2.05 bits per heavy atom. The van der Waals surface area contributed by atoms with E-state index in [9.17, 15) is 19.8 Å². The van der Waals surface area contributed by atoms with E-state index in [4.69, 9.17) is 9.84 Å². The number of nitrogens with zero attached hydrogens (tertiary/aromatic N) is 1. The van der Waals surface area contributed by atoms with Gasteiger partial charge >= 0.3 is 5.97 Å². The molecule has 3 N–H and O–H groups in total. The molecule has 1 saturated heterocycles. The molecule has 1 aliphatic heterocycles. The zero-order valence-electron chi connectivity index (χ0n) is 10.8. The van der Waals surface area contributed by atoms with Crippen LogP contribution >= 0.6 is 0 Å². The van der Waals surface area contributed by atoms with Crippen molar-refractivity contribution in [2.24, 2.45) is 0 Å². The lowest BCUT2D eigenvalue weighted by atomic mass is 10.1. The van der Waals surface area contributed by atoms with Crippen molar-refractivity contribution < 1.29 is 29.6 Å². The molecule has 2 atom stereocenters. The predicted molar refractivity (Wildman–Crippen MR) is 67.6 cm³/mol. The number of carbonyl (C=O) groups is 2. The maximum atomic E-state index is 12.3. The van der Waals surface area contributed by atoms with Crippen LogP contribution in [0.25, 0.3) is 0 Å². The fourth-order valence-electron chi connectivity index (χ4n) is 2.29. The zero-order chi connectivity index (χ0) is 14.9. The molecule has 0 aliphatic carbocycles. The highest BCUT2D eigenvalue weighted by Gasteiger charge is 2.40. The summed E-state index contributed by atoms with van der Waals surface area (Å²) in [5, 5.41) is 28.3. The van der Waals surface area contributed by atoms with Gasteiger partial charge in [-0.2, -0.15) is 0 Å². The summed E-state index contributed by atoms with van der Waals surface area (Å²) in [6.45, 7) is 0.126. The zero-order valence-corrected chi connectivity index (χ0v) is 10.8. The van der Waals surface area contributed by atoms with E-state index in [0.717, 1.165) is 4.90 Å². The van der Waals surface area contributed by atoms with Crippen LogP contribution in [0.1, 0.15) is 16.8 Å². The number of phenolic OH excluding ortho intramolecular Hbond substituents is 2. The lowest BCUT2D eigenvalue weighted by molar-refractivity contribution is -0.141. The van der Waals surface area contributed by atoms with Gasteiger partial charge < -0.3 is 25.0 Å². The maximum Gasteiger partial charge on any atom is 0.326 e. The first-order valence-electron chi connectivity index (χ1n) is 6.03. The third-order valence-corrected chi connectivity index (χ3v) is 3.39. The number of carboxylic acids is 1. The molecule has 1 fully saturated rings. The lowest BCUT2D eigenvalue weighted by Crippen LogP contribution is -2.40. The van der Waals surface area contributed by atoms with Gasteiger partial charge in [0.1, 0.15) is 6.04 Å². The third kappa shape index (κ3) is 2.39. The van der Waals surface area contributed by atoms with Crippen LogP contribution in [0.15, 0.2) is 18.2 Å². The second-order valence-electron chi connectivity index (χ2n) is 4.58. The molecule has 1 aromatic rings. The van der Waals surface area contributed by atoms with Crippen LogP contribution in [0, 0.1) is 0 Å². The Kier molecular flexibility index (Phi) is 3.80. The number of likely N-dealkylation sites (tertiary alicyclic amines) is 1. The average molecular weight is 281 g/mol. The van der Waals surface area contributed by atoms with Crippen molar-refractivity contribution in [3.8, 4) is 11.5 Å². The van der Waals surface area contributed by atoms with Crippen LogP contribution in [0.2, 0.25) is 0 Å². The highest BCUT2D eigenvalue weighted by Crippen LogP contribution is 2.31. The second-order valence-corrected chi connectivity index (χ2v) is 4.58. The van der Waals surface area contributed by atoms with E-state index >= 15 is 0 Å². The molecule has 0 spiro atoms. The fraction of sp³-hybridized carbons (Fsp3) is 0.385. The molecule has 1 heterocycles. The van der Waals surface area contributed by atoms with E-state index < -0.39 is 29.4 Å². The van der Waals surface area contributed by atoms with E-state index in [-0.39, 0.29) is 24.6 Å². The molecule has 2 rings (SSSR count). The van der Waals surface area contributed by atoms with Crippen LogP contribution in [-0.4, -0.2) is 57.9 Å². The van der Waals surface area contributed by atoms with Gasteiger partial charge in [0.25, 0.3) is 5.91 Å². The van der Waals surface area contributed by atoms with Gasteiger partial charge in [-0.15, -0.1) is 0 Å². The van der Waals surface area contributed by atoms with Crippen LogP contribution in [0.4, 0.5) is 0 Å². The number of phenols is 2. The molecule has 1 aromatic carbocycles. The molecule has 0 bridgehead atoms. The number of ether oxygens (including phenoxy) is 1. The molecule has 7 nitrogen and oxygen atoms in total. The molecular weight excluding hydrogens is 266 g/mol. The van der Waals surface area contributed by atoms with Gasteiger partial charge in [0.15, 0.2) is 11.5 Å². The Hall–Kier alpha value is -2.28. The van der Waals surface area contributed by atoms with Crippen LogP contribution in [0.3, 0.4) is 0 Å².